The van der Waals surface area contributed by atoms with Gasteiger partial charge < -0.3 is 5.11 Å². The number of rotatable bonds is 1. The van der Waals surface area contributed by atoms with Crippen molar-refractivity contribution in [1.29, 1.82) is 0 Å². The maximum Gasteiger partial charge on any atom is 0.355 e. The van der Waals surface area contributed by atoms with Crippen LogP contribution in [-0.4, -0.2) is 16.1 Å². The van der Waals surface area contributed by atoms with Crippen molar-refractivity contribution < 1.29 is 14.3 Å². The molecule has 1 aromatic heterocycles. The van der Waals surface area contributed by atoms with Crippen molar-refractivity contribution in [3.8, 4) is 0 Å². The molecule has 3 nitrogen and oxygen atoms in total. The molecule has 2 rings (SSSR count). The number of carbonyl (C=O) groups is 1. The van der Waals surface area contributed by atoms with Crippen molar-refractivity contribution in [3.63, 3.8) is 0 Å². The molecule has 0 atom stereocenters. The average Bonchev–Trinajstić information content (AvgIpc) is 2.23. The number of halogens is 2. The number of aromatic nitrogens is 1. The van der Waals surface area contributed by atoms with Gasteiger partial charge in [0.25, 0.3) is 0 Å². The highest BCUT2D eigenvalue weighted by Gasteiger charge is 2.14. The minimum absolute atomic E-state index is 0.154. The zero-order valence-corrected chi connectivity index (χ0v) is 8.95. The van der Waals surface area contributed by atoms with Crippen LogP contribution in [-0.2, 0) is 0 Å². The molecule has 1 heterocycles. The SMILES string of the molecule is O=C(O)c1nccc2c(F)ccc(Br)c12. The molecule has 0 fully saturated rings. The lowest BCUT2D eigenvalue weighted by Gasteiger charge is -2.04. The smallest absolute Gasteiger partial charge is 0.355 e. The van der Waals surface area contributed by atoms with Gasteiger partial charge in [-0.25, -0.2) is 14.2 Å². The summed E-state index contributed by atoms with van der Waals surface area (Å²) in [6.07, 6.45) is 1.28. The fourth-order valence-corrected chi connectivity index (χ4v) is 1.92. The first-order valence-electron chi connectivity index (χ1n) is 4.07. The van der Waals surface area contributed by atoms with Crippen molar-refractivity contribution >= 4 is 32.7 Å². The maximum atomic E-state index is 13.4. The Morgan fingerprint density at radius 2 is 2.13 bits per heavy atom. The Bertz CT molecular complexity index is 556. The number of nitrogens with zero attached hydrogens (tertiary/aromatic N) is 1. The van der Waals surface area contributed by atoms with Crippen LogP contribution >= 0.6 is 15.9 Å². The van der Waals surface area contributed by atoms with Crippen LogP contribution in [0.15, 0.2) is 28.9 Å². The molecule has 0 aliphatic heterocycles. The Labute approximate surface area is 92.7 Å². The van der Waals surface area contributed by atoms with Crippen molar-refractivity contribution in [2.75, 3.05) is 0 Å². The summed E-state index contributed by atoms with van der Waals surface area (Å²) >= 11 is 3.18. The largest absolute Gasteiger partial charge is 0.476 e. The standard InChI is InChI=1S/C10H5BrFNO2/c11-6-1-2-7(12)5-3-4-13-9(8(5)6)10(14)15/h1-4H,(H,14,15). The van der Waals surface area contributed by atoms with Gasteiger partial charge in [0, 0.05) is 21.4 Å². The number of carboxylic acids is 1. The van der Waals surface area contributed by atoms with E-state index in [1.54, 1.807) is 0 Å². The fourth-order valence-electron chi connectivity index (χ4n) is 1.38. The number of pyridine rings is 1. The molecule has 0 unspecified atom stereocenters. The van der Waals surface area contributed by atoms with E-state index < -0.39 is 11.8 Å². The average molecular weight is 270 g/mol. The molecule has 0 radical (unpaired) electrons. The molecule has 0 saturated heterocycles. The first-order valence-corrected chi connectivity index (χ1v) is 4.86. The van der Waals surface area contributed by atoms with Gasteiger partial charge in [-0.1, -0.05) is 15.9 Å². The van der Waals surface area contributed by atoms with Gasteiger partial charge in [0.15, 0.2) is 5.69 Å². The number of fused-ring (bicyclic) bond motifs is 1. The predicted octanol–water partition coefficient (Wildman–Crippen LogP) is 2.83. The summed E-state index contributed by atoms with van der Waals surface area (Å²) in [5.41, 5.74) is -0.154. The van der Waals surface area contributed by atoms with Crippen molar-refractivity contribution in [2.24, 2.45) is 0 Å². The maximum absolute atomic E-state index is 13.4. The highest BCUT2D eigenvalue weighted by Crippen LogP contribution is 2.28. The highest BCUT2D eigenvalue weighted by atomic mass is 79.9. The molecule has 5 heteroatoms. The van der Waals surface area contributed by atoms with E-state index >= 15 is 0 Å². The van der Waals surface area contributed by atoms with Crippen molar-refractivity contribution in [3.05, 3.63) is 40.4 Å². The Balaban J connectivity index is 2.96. The lowest BCUT2D eigenvalue weighted by Crippen LogP contribution is -2.01. The quantitative estimate of drug-likeness (QED) is 0.866. The van der Waals surface area contributed by atoms with E-state index in [0.29, 0.717) is 4.47 Å². The molecule has 0 aliphatic rings. The molecule has 15 heavy (non-hydrogen) atoms. The van der Waals surface area contributed by atoms with Gasteiger partial charge in [-0.05, 0) is 18.2 Å². The Morgan fingerprint density at radius 1 is 1.40 bits per heavy atom. The summed E-state index contributed by atoms with van der Waals surface area (Å²) in [5, 5.41) is 9.42. The lowest BCUT2D eigenvalue weighted by molar-refractivity contribution is 0.0693. The first kappa shape index (κ1) is 10.0. The van der Waals surface area contributed by atoms with E-state index in [1.807, 2.05) is 0 Å². The molecule has 0 spiro atoms. The minimum atomic E-state index is -1.17. The molecule has 1 aromatic carbocycles. The number of carboxylic acid groups (broad SMARTS) is 1. The van der Waals surface area contributed by atoms with Crippen LogP contribution in [0.5, 0.6) is 0 Å². The van der Waals surface area contributed by atoms with Crippen LogP contribution in [0.3, 0.4) is 0 Å². The third kappa shape index (κ3) is 1.59. The second kappa shape index (κ2) is 3.58. The van der Waals surface area contributed by atoms with Crippen LogP contribution in [0.4, 0.5) is 4.39 Å². The zero-order chi connectivity index (χ0) is 11.0. The topological polar surface area (TPSA) is 50.2 Å². The lowest BCUT2D eigenvalue weighted by atomic mass is 10.1. The summed E-state index contributed by atoms with van der Waals surface area (Å²) in [6.45, 7) is 0. The van der Waals surface area contributed by atoms with Gasteiger partial charge in [-0.15, -0.1) is 0 Å². The van der Waals surface area contributed by atoms with Crippen LogP contribution in [0.2, 0.25) is 0 Å². The Morgan fingerprint density at radius 3 is 2.80 bits per heavy atom. The monoisotopic (exact) mass is 269 g/mol. The van der Waals surface area contributed by atoms with E-state index in [0.717, 1.165) is 0 Å². The number of benzene rings is 1. The van der Waals surface area contributed by atoms with E-state index in [4.69, 9.17) is 5.11 Å². The molecule has 2 aromatic rings. The van der Waals surface area contributed by atoms with Gasteiger partial charge >= 0.3 is 5.97 Å². The van der Waals surface area contributed by atoms with E-state index in [-0.39, 0.29) is 16.5 Å². The molecule has 0 aliphatic carbocycles. The van der Waals surface area contributed by atoms with E-state index in [1.165, 1.54) is 24.4 Å². The van der Waals surface area contributed by atoms with E-state index in [2.05, 4.69) is 20.9 Å². The van der Waals surface area contributed by atoms with Crippen molar-refractivity contribution in [2.45, 2.75) is 0 Å². The summed E-state index contributed by atoms with van der Waals surface area (Å²) in [5.74, 6) is -1.63. The van der Waals surface area contributed by atoms with Crippen LogP contribution in [0.25, 0.3) is 10.8 Å². The third-order valence-corrected chi connectivity index (χ3v) is 2.69. The molecule has 0 amide bonds. The molecule has 76 valence electrons. The zero-order valence-electron chi connectivity index (χ0n) is 7.37. The van der Waals surface area contributed by atoms with Crippen molar-refractivity contribution in [1.82, 2.24) is 4.98 Å². The normalized spacial score (nSPS) is 10.5. The summed E-state index contributed by atoms with van der Waals surface area (Å²) in [4.78, 5) is 14.6. The van der Waals surface area contributed by atoms with Crippen LogP contribution in [0, 0.1) is 5.82 Å². The molecule has 1 N–H and O–H groups in total. The second-order valence-electron chi connectivity index (χ2n) is 2.92. The predicted molar refractivity (Wildman–Crippen MR) is 56.4 cm³/mol. The van der Waals surface area contributed by atoms with Gasteiger partial charge in [-0.2, -0.15) is 0 Å². The Kier molecular flexibility index (Phi) is 2.40. The fraction of sp³-hybridized carbons (Fsp3) is 0. The molecule has 0 saturated carbocycles. The first-order chi connectivity index (χ1) is 7.11. The Hall–Kier alpha value is -1.49. The number of aromatic carboxylic acids is 1. The van der Waals surface area contributed by atoms with Gasteiger partial charge in [0.05, 0.1) is 0 Å². The second-order valence-corrected chi connectivity index (χ2v) is 3.77. The van der Waals surface area contributed by atoms with Crippen LogP contribution < -0.4 is 0 Å². The number of hydrogen-bond acceptors (Lipinski definition) is 2. The molecular formula is C10H5BrFNO2. The van der Waals surface area contributed by atoms with E-state index in [9.17, 15) is 9.18 Å². The number of hydrogen-bond donors (Lipinski definition) is 1. The molecular weight excluding hydrogens is 265 g/mol. The van der Waals surface area contributed by atoms with Gasteiger partial charge in [-0.3, -0.25) is 0 Å². The van der Waals surface area contributed by atoms with Crippen LogP contribution in [0.1, 0.15) is 10.5 Å². The van der Waals surface area contributed by atoms with Gasteiger partial charge in [0.2, 0.25) is 0 Å². The summed E-state index contributed by atoms with van der Waals surface area (Å²) in [6, 6.07) is 4.19. The summed E-state index contributed by atoms with van der Waals surface area (Å²) in [7, 11) is 0. The van der Waals surface area contributed by atoms with Gasteiger partial charge in [0.1, 0.15) is 5.82 Å². The minimum Gasteiger partial charge on any atom is -0.476 e. The highest BCUT2D eigenvalue weighted by molar-refractivity contribution is 9.10. The molecule has 0 bridgehead atoms. The summed E-state index contributed by atoms with van der Waals surface area (Å²) < 4.78 is 13.9. The third-order valence-electron chi connectivity index (χ3n) is 2.03.